The molecule has 5 heteroatoms. The van der Waals surface area contributed by atoms with Crippen molar-refractivity contribution >= 4 is 11.6 Å². The Bertz CT molecular complexity index is 768. The van der Waals surface area contributed by atoms with Crippen molar-refractivity contribution in [3.05, 3.63) is 83.2 Å². The van der Waals surface area contributed by atoms with E-state index in [1.54, 1.807) is 0 Å². The van der Waals surface area contributed by atoms with E-state index in [2.05, 4.69) is 45.1 Å². The zero-order chi connectivity index (χ0) is 17.6. The monoisotopic (exact) mass is 335 g/mol. The number of nitrogens with two attached hydrogens (primary N) is 1. The van der Waals surface area contributed by atoms with Crippen LogP contribution in [0.4, 0.5) is 5.69 Å². The standard InChI is InChI=1S/C20H22N4O/c1-14-19(15(2)24-23-14)22-18(25)13-21-20(16-9-5-3-6-10-16)17-11-7-4-8-12-17/h3-12,20-21H,13H2,1-2H3,(H,22,25)(H,23,24)/p+1. The number of anilines is 1. The Morgan fingerprint density at radius 3 is 2.08 bits per heavy atom. The van der Waals surface area contributed by atoms with E-state index in [9.17, 15) is 4.79 Å². The van der Waals surface area contributed by atoms with Gasteiger partial charge >= 0.3 is 0 Å². The van der Waals surface area contributed by atoms with Crippen LogP contribution in [0, 0.1) is 13.8 Å². The lowest BCUT2D eigenvalue weighted by molar-refractivity contribution is -0.676. The number of nitrogens with one attached hydrogen (secondary N) is 2. The largest absolute Gasteiger partial charge is 0.328 e. The number of rotatable bonds is 6. The molecule has 0 bridgehead atoms. The molecule has 0 saturated carbocycles. The normalized spacial score (nSPS) is 10.8. The van der Waals surface area contributed by atoms with E-state index in [4.69, 9.17) is 0 Å². The molecular weight excluding hydrogens is 312 g/mol. The summed E-state index contributed by atoms with van der Waals surface area (Å²) in [6.07, 6.45) is 0. The molecular formula is C20H23N4O+. The van der Waals surface area contributed by atoms with Crippen LogP contribution >= 0.6 is 0 Å². The SMILES string of the molecule is Cc1n[nH]c(C)c1NC(=O)C[NH2+]C(c1ccccc1)c1ccccc1. The maximum Gasteiger partial charge on any atom is 0.279 e. The van der Waals surface area contributed by atoms with Gasteiger partial charge in [-0.2, -0.15) is 5.10 Å². The van der Waals surface area contributed by atoms with E-state index in [1.807, 2.05) is 50.2 Å². The highest BCUT2D eigenvalue weighted by Gasteiger charge is 2.19. The number of amides is 1. The van der Waals surface area contributed by atoms with Crippen molar-refractivity contribution in [1.29, 1.82) is 0 Å². The Labute approximate surface area is 147 Å². The fourth-order valence-corrected chi connectivity index (χ4v) is 2.94. The molecule has 0 radical (unpaired) electrons. The molecule has 0 spiro atoms. The van der Waals surface area contributed by atoms with Crippen molar-refractivity contribution in [2.45, 2.75) is 19.9 Å². The summed E-state index contributed by atoms with van der Waals surface area (Å²) in [5, 5.41) is 12.0. The minimum atomic E-state index is -0.0375. The van der Waals surface area contributed by atoms with Gasteiger partial charge in [-0.05, 0) is 13.8 Å². The molecule has 25 heavy (non-hydrogen) atoms. The van der Waals surface area contributed by atoms with E-state index in [0.717, 1.165) is 17.1 Å². The number of quaternary nitrogens is 1. The molecule has 3 aromatic rings. The minimum absolute atomic E-state index is 0.0375. The lowest BCUT2D eigenvalue weighted by Crippen LogP contribution is -2.87. The molecule has 0 aliphatic carbocycles. The number of benzene rings is 2. The Balaban J connectivity index is 1.72. The summed E-state index contributed by atoms with van der Waals surface area (Å²) < 4.78 is 0. The van der Waals surface area contributed by atoms with Crippen LogP contribution in [0.3, 0.4) is 0 Å². The van der Waals surface area contributed by atoms with Crippen molar-refractivity contribution in [2.75, 3.05) is 11.9 Å². The number of aryl methyl sites for hydroxylation is 2. The Kier molecular flexibility index (Phi) is 5.26. The second kappa shape index (κ2) is 7.77. The third-order valence-electron chi connectivity index (χ3n) is 4.25. The highest BCUT2D eigenvalue weighted by molar-refractivity contribution is 5.92. The summed E-state index contributed by atoms with van der Waals surface area (Å²) in [6.45, 7) is 4.11. The molecule has 5 nitrogen and oxygen atoms in total. The van der Waals surface area contributed by atoms with Crippen LogP contribution in [0.5, 0.6) is 0 Å². The predicted octanol–water partition coefficient (Wildman–Crippen LogP) is 2.32. The first-order valence-electron chi connectivity index (χ1n) is 8.40. The molecule has 0 fully saturated rings. The van der Waals surface area contributed by atoms with E-state index >= 15 is 0 Å². The maximum absolute atomic E-state index is 12.4. The first kappa shape index (κ1) is 16.9. The van der Waals surface area contributed by atoms with Gasteiger partial charge in [0.05, 0.1) is 17.1 Å². The smallest absolute Gasteiger partial charge is 0.279 e. The van der Waals surface area contributed by atoms with E-state index < -0.39 is 0 Å². The van der Waals surface area contributed by atoms with Gasteiger partial charge in [0.2, 0.25) is 0 Å². The fourth-order valence-electron chi connectivity index (χ4n) is 2.94. The zero-order valence-electron chi connectivity index (χ0n) is 14.5. The summed E-state index contributed by atoms with van der Waals surface area (Å²) in [5.41, 5.74) is 4.80. The molecule has 4 N–H and O–H groups in total. The highest BCUT2D eigenvalue weighted by atomic mass is 16.1. The molecule has 0 aliphatic heterocycles. The van der Waals surface area contributed by atoms with Crippen LogP contribution in [0.15, 0.2) is 60.7 Å². The van der Waals surface area contributed by atoms with Crippen LogP contribution in [0.25, 0.3) is 0 Å². The third-order valence-corrected chi connectivity index (χ3v) is 4.25. The Hall–Kier alpha value is -2.92. The quantitative estimate of drug-likeness (QED) is 0.647. The zero-order valence-corrected chi connectivity index (χ0v) is 14.5. The lowest BCUT2D eigenvalue weighted by Gasteiger charge is -2.16. The van der Waals surface area contributed by atoms with Gasteiger partial charge in [0, 0.05) is 11.1 Å². The highest BCUT2D eigenvalue weighted by Crippen LogP contribution is 2.18. The van der Waals surface area contributed by atoms with E-state index in [0.29, 0.717) is 6.54 Å². The average molecular weight is 335 g/mol. The van der Waals surface area contributed by atoms with E-state index in [1.165, 1.54) is 11.1 Å². The number of hydrogen-bond acceptors (Lipinski definition) is 2. The van der Waals surface area contributed by atoms with Crippen molar-refractivity contribution in [3.63, 3.8) is 0 Å². The van der Waals surface area contributed by atoms with Crippen LogP contribution in [-0.4, -0.2) is 22.6 Å². The number of aromatic nitrogens is 2. The van der Waals surface area contributed by atoms with Crippen LogP contribution in [0.1, 0.15) is 28.6 Å². The Morgan fingerprint density at radius 2 is 1.60 bits per heavy atom. The second-order valence-corrected chi connectivity index (χ2v) is 6.10. The van der Waals surface area contributed by atoms with E-state index in [-0.39, 0.29) is 11.9 Å². The number of aromatic amines is 1. The fraction of sp³-hybridized carbons (Fsp3) is 0.200. The van der Waals surface area contributed by atoms with Gasteiger partial charge in [-0.15, -0.1) is 0 Å². The van der Waals surface area contributed by atoms with Crippen molar-refractivity contribution in [1.82, 2.24) is 10.2 Å². The molecule has 3 rings (SSSR count). The summed E-state index contributed by atoms with van der Waals surface area (Å²) in [7, 11) is 0. The molecule has 128 valence electrons. The average Bonchev–Trinajstić information content (AvgIpc) is 2.96. The molecule has 0 aliphatic rings. The molecule has 1 amide bonds. The first-order chi connectivity index (χ1) is 12.1. The number of nitrogens with zero attached hydrogens (tertiary/aromatic N) is 1. The Morgan fingerprint density at radius 1 is 1.04 bits per heavy atom. The van der Waals surface area contributed by atoms with Gasteiger partial charge in [-0.25, -0.2) is 0 Å². The summed E-state index contributed by atoms with van der Waals surface area (Å²) >= 11 is 0. The molecule has 1 heterocycles. The predicted molar refractivity (Wildman–Crippen MR) is 98.2 cm³/mol. The molecule has 2 aromatic carbocycles. The van der Waals surface area contributed by atoms with Crippen LogP contribution in [-0.2, 0) is 4.79 Å². The van der Waals surface area contributed by atoms with Gasteiger partial charge in [0.15, 0.2) is 6.54 Å². The van der Waals surface area contributed by atoms with Gasteiger partial charge in [0.25, 0.3) is 5.91 Å². The number of H-pyrrole nitrogens is 1. The van der Waals surface area contributed by atoms with Gasteiger partial charge in [0.1, 0.15) is 6.04 Å². The van der Waals surface area contributed by atoms with Gasteiger partial charge in [-0.3, -0.25) is 9.89 Å². The summed E-state index contributed by atoms with van der Waals surface area (Å²) in [4.78, 5) is 12.4. The number of carbonyl (C=O) groups excluding carboxylic acids is 1. The van der Waals surface area contributed by atoms with Crippen molar-refractivity contribution < 1.29 is 10.1 Å². The van der Waals surface area contributed by atoms with Crippen molar-refractivity contribution in [2.24, 2.45) is 0 Å². The van der Waals surface area contributed by atoms with Gasteiger partial charge < -0.3 is 10.6 Å². The topological polar surface area (TPSA) is 74.4 Å². The van der Waals surface area contributed by atoms with Crippen LogP contribution in [0.2, 0.25) is 0 Å². The minimum Gasteiger partial charge on any atom is -0.328 e. The number of hydrogen-bond donors (Lipinski definition) is 3. The molecule has 0 unspecified atom stereocenters. The molecule has 0 saturated heterocycles. The van der Waals surface area contributed by atoms with Gasteiger partial charge in [-0.1, -0.05) is 60.7 Å². The van der Waals surface area contributed by atoms with Crippen molar-refractivity contribution in [3.8, 4) is 0 Å². The summed E-state index contributed by atoms with van der Waals surface area (Å²) in [6, 6.07) is 20.6. The third kappa shape index (κ3) is 4.14. The second-order valence-electron chi connectivity index (χ2n) is 6.10. The summed E-state index contributed by atoms with van der Waals surface area (Å²) in [5.74, 6) is -0.0375. The molecule has 0 atom stereocenters. The molecule has 1 aromatic heterocycles. The number of carbonyl (C=O) groups is 1. The first-order valence-corrected chi connectivity index (χ1v) is 8.40. The maximum atomic E-state index is 12.4. The lowest BCUT2D eigenvalue weighted by atomic mass is 9.99. The van der Waals surface area contributed by atoms with Crippen LogP contribution < -0.4 is 10.6 Å².